The molecule has 0 saturated carbocycles. The molecule has 1 aromatic heterocycles. The molecule has 122 valence electrons. The molecule has 0 radical (unpaired) electrons. The molecule has 3 aromatic rings. The van der Waals surface area contributed by atoms with Crippen molar-refractivity contribution in [2.24, 2.45) is 0 Å². The fraction of sp³-hybridized carbons (Fsp3) is 0.0625. The predicted octanol–water partition coefficient (Wildman–Crippen LogP) is 3.16. The smallest absolute Gasteiger partial charge is 0.342 e. The summed E-state index contributed by atoms with van der Waals surface area (Å²) in [6, 6.07) is 10.5. The van der Waals surface area contributed by atoms with E-state index in [1.807, 2.05) is 0 Å². The second-order valence-electron chi connectivity index (χ2n) is 4.77. The number of hydrogen-bond acceptors (Lipinski definition) is 7. The lowest BCUT2D eigenvalue weighted by atomic mass is 10.2. The first-order valence-corrected chi connectivity index (χ1v) is 7.19. The number of carbonyl (C=O) groups is 1. The third-order valence-electron chi connectivity index (χ3n) is 3.11. The lowest BCUT2D eigenvalue weighted by Gasteiger charge is -2.04. The zero-order valence-electron chi connectivity index (χ0n) is 12.1. The Labute approximate surface area is 141 Å². The molecule has 0 aliphatic heterocycles. The van der Waals surface area contributed by atoms with Crippen molar-refractivity contribution < 1.29 is 24.3 Å². The molecule has 2 N–H and O–H groups in total. The average Bonchev–Trinajstić information content (AvgIpc) is 3.02. The maximum absolute atomic E-state index is 11.9. The number of rotatable bonds is 4. The third-order valence-corrected chi connectivity index (χ3v) is 3.44. The van der Waals surface area contributed by atoms with Crippen LogP contribution in [-0.4, -0.2) is 26.3 Å². The molecule has 0 aliphatic rings. The van der Waals surface area contributed by atoms with Crippen LogP contribution in [0.15, 0.2) is 47.0 Å². The second-order valence-corrected chi connectivity index (χ2v) is 5.18. The molecule has 2 aromatic carbocycles. The molecule has 0 saturated heterocycles. The predicted molar refractivity (Wildman–Crippen MR) is 83.6 cm³/mol. The fourth-order valence-electron chi connectivity index (χ4n) is 1.96. The number of aromatic hydroxyl groups is 2. The molecule has 3 rings (SSSR count). The number of benzene rings is 2. The van der Waals surface area contributed by atoms with Crippen LogP contribution in [0.3, 0.4) is 0 Å². The summed E-state index contributed by atoms with van der Waals surface area (Å²) in [6.07, 6.45) is 0. The summed E-state index contributed by atoms with van der Waals surface area (Å²) >= 11 is 6.05. The first-order chi connectivity index (χ1) is 11.5. The van der Waals surface area contributed by atoms with Gasteiger partial charge in [0.1, 0.15) is 17.1 Å². The van der Waals surface area contributed by atoms with Crippen LogP contribution in [-0.2, 0) is 11.3 Å². The van der Waals surface area contributed by atoms with Gasteiger partial charge in [0.15, 0.2) is 6.61 Å². The summed E-state index contributed by atoms with van der Waals surface area (Å²) in [5.74, 6) is -0.978. The van der Waals surface area contributed by atoms with E-state index in [-0.39, 0.29) is 35.4 Å². The van der Waals surface area contributed by atoms with Gasteiger partial charge in [-0.2, -0.15) is 4.98 Å². The number of nitrogens with zero attached hydrogens (tertiary/aromatic N) is 2. The Morgan fingerprint density at radius 2 is 2.00 bits per heavy atom. The van der Waals surface area contributed by atoms with Crippen molar-refractivity contribution in [1.82, 2.24) is 10.1 Å². The van der Waals surface area contributed by atoms with Crippen molar-refractivity contribution in [2.45, 2.75) is 6.61 Å². The van der Waals surface area contributed by atoms with E-state index >= 15 is 0 Å². The minimum absolute atomic E-state index is 0.0801. The van der Waals surface area contributed by atoms with E-state index in [4.69, 9.17) is 20.9 Å². The Morgan fingerprint density at radius 3 is 2.75 bits per heavy atom. The molecule has 0 atom stereocenters. The van der Waals surface area contributed by atoms with Gasteiger partial charge in [0.25, 0.3) is 5.89 Å². The van der Waals surface area contributed by atoms with Gasteiger partial charge in [-0.1, -0.05) is 28.9 Å². The lowest BCUT2D eigenvalue weighted by Crippen LogP contribution is -2.05. The van der Waals surface area contributed by atoms with Crippen LogP contribution < -0.4 is 0 Å². The molecular formula is C16H11ClN2O5. The maximum atomic E-state index is 11.9. The first kappa shape index (κ1) is 15.8. The largest absolute Gasteiger partial charge is 0.508 e. The molecule has 0 bridgehead atoms. The maximum Gasteiger partial charge on any atom is 0.342 e. The molecule has 0 unspecified atom stereocenters. The molecular weight excluding hydrogens is 336 g/mol. The van der Waals surface area contributed by atoms with E-state index in [0.717, 1.165) is 6.07 Å². The Kier molecular flexibility index (Phi) is 4.35. The highest BCUT2D eigenvalue weighted by Gasteiger charge is 2.16. The first-order valence-electron chi connectivity index (χ1n) is 6.81. The molecule has 7 nitrogen and oxygen atoms in total. The zero-order valence-corrected chi connectivity index (χ0v) is 12.9. The highest BCUT2D eigenvalue weighted by atomic mass is 35.5. The van der Waals surface area contributed by atoms with Crippen molar-refractivity contribution >= 4 is 17.6 Å². The number of carbonyl (C=O) groups excluding carboxylic acids is 1. The van der Waals surface area contributed by atoms with E-state index in [1.54, 1.807) is 24.3 Å². The van der Waals surface area contributed by atoms with Crippen molar-refractivity contribution in [1.29, 1.82) is 0 Å². The number of phenolic OH excluding ortho intramolecular Hbond substituents is 2. The van der Waals surface area contributed by atoms with Crippen LogP contribution in [0, 0.1) is 0 Å². The highest BCUT2D eigenvalue weighted by Crippen LogP contribution is 2.26. The topological polar surface area (TPSA) is 106 Å². The summed E-state index contributed by atoms with van der Waals surface area (Å²) in [5.41, 5.74) is 0.510. The Bertz CT molecular complexity index is 894. The van der Waals surface area contributed by atoms with E-state index in [9.17, 15) is 15.0 Å². The van der Waals surface area contributed by atoms with Crippen LogP contribution in [0.1, 0.15) is 16.2 Å². The van der Waals surface area contributed by atoms with Crippen molar-refractivity contribution in [3.63, 3.8) is 0 Å². The Balaban J connectivity index is 1.69. The van der Waals surface area contributed by atoms with Gasteiger partial charge in [0.05, 0.1) is 5.02 Å². The van der Waals surface area contributed by atoms with Gasteiger partial charge in [-0.3, -0.25) is 0 Å². The number of ether oxygens (including phenoxy) is 1. The van der Waals surface area contributed by atoms with Crippen LogP contribution >= 0.6 is 11.6 Å². The molecule has 0 spiro atoms. The van der Waals surface area contributed by atoms with Gasteiger partial charge in [-0.05, 0) is 24.3 Å². The number of aromatic nitrogens is 2. The van der Waals surface area contributed by atoms with E-state index in [1.165, 1.54) is 12.1 Å². The average molecular weight is 347 g/mol. The monoisotopic (exact) mass is 346 g/mol. The van der Waals surface area contributed by atoms with E-state index in [0.29, 0.717) is 10.6 Å². The Morgan fingerprint density at radius 1 is 1.21 bits per heavy atom. The van der Waals surface area contributed by atoms with Gasteiger partial charge >= 0.3 is 5.97 Å². The summed E-state index contributed by atoms with van der Waals surface area (Å²) in [7, 11) is 0. The summed E-state index contributed by atoms with van der Waals surface area (Å²) in [5, 5.41) is 23.1. The number of hydrogen-bond donors (Lipinski definition) is 2. The summed E-state index contributed by atoms with van der Waals surface area (Å²) in [6.45, 7) is -0.267. The zero-order chi connectivity index (χ0) is 17.1. The second kappa shape index (κ2) is 6.59. The molecule has 0 aliphatic carbocycles. The van der Waals surface area contributed by atoms with Gasteiger partial charge in [-0.25, -0.2) is 4.79 Å². The van der Waals surface area contributed by atoms with Crippen LogP contribution in [0.25, 0.3) is 11.4 Å². The fourth-order valence-corrected chi connectivity index (χ4v) is 2.18. The minimum Gasteiger partial charge on any atom is -0.508 e. The number of phenols is 2. The van der Waals surface area contributed by atoms with Gasteiger partial charge in [0.2, 0.25) is 5.82 Å². The molecule has 0 amide bonds. The third kappa shape index (κ3) is 3.31. The molecule has 8 heteroatoms. The highest BCUT2D eigenvalue weighted by molar-refractivity contribution is 6.33. The quantitative estimate of drug-likeness (QED) is 0.699. The van der Waals surface area contributed by atoms with Gasteiger partial charge in [-0.15, -0.1) is 0 Å². The Hall–Kier alpha value is -3.06. The minimum atomic E-state index is -0.787. The molecule has 24 heavy (non-hydrogen) atoms. The summed E-state index contributed by atoms with van der Waals surface area (Å²) in [4.78, 5) is 16.0. The summed E-state index contributed by atoms with van der Waals surface area (Å²) < 4.78 is 10.0. The van der Waals surface area contributed by atoms with E-state index < -0.39 is 5.97 Å². The lowest BCUT2D eigenvalue weighted by molar-refractivity contribution is 0.0426. The van der Waals surface area contributed by atoms with Crippen LogP contribution in [0.5, 0.6) is 11.5 Å². The number of esters is 1. The van der Waals surface area contributed by atoms with Gasteiger partial charge in [0, 0.05) is 11.6 Å². The molecule has 1 heterocycles. The number of halogens is 1. The van der Waals surface area contributed by atoms with Crippen LogP contribution in [0.4, 0.5) is 0 Å². The standard InChI is InChI=1S/C16H11ClN2O5/c17-12-4-2-1-3-10(12)15-18-14(24-19-15)8-23-16(22)11-6-5-9(20)7-13(11)21/h1-7,20-21H,8H2. The molecule has 0 fully saturated rings. The normalized spacial score (nSPS) is 10.5. The van der Waals surface area contributed by atoms with Crippen molar-refractivity contribution in [3.05, 3.63) is 58.9 Å². The van der Waals surface area contributed by atoms with Crippen LogP contribution in [0.2, 0.25) is 5.02 Å². The SMILES string of the molecule is O=C(OCc1nc(-c2ccccc2Cl)no1)c1ccc(O)cc1O. The van der Waals surface area contributed by atoms with Crippen molar-refractivity contribution in [2.75, 3.05) is 0 Å². The van der Waals surface area contributed by atoms with Gasteiger partial charge < -0.3 is 19.5 Å². The van der Waals surface area contributed by atoms with Crippen molar-refractivity contribution in [3.8, 4) is 22.9 Å². The van der Waals surface area contributed by atoms with E-state index in [2.05, 4.69) is 10.1 Å².